The molecule has 0 aliphatic carbocycles. The van der Waals surface area contributed by atoms with Crippen LogP contribution in [0.25, 0.3) is 12.2 Å². The van der Waals surface area contributed by atoms with Crippen molar-refractivity contribution in [2.45, 2.75) is 60.3 Å². The Bertz CT molecular complexity index is 1910. The minimum atomic E-state index is -1.52. The summed E-state index contributed by atoms with van der Waals surface area (Å²) in [6, 6.07) is 0. The first-order chi connectivity index (χ1) is 20.9. The van der Waals surface area contributed by atoms with E-state index in [4.69, 9.17) is 15.0 Å². The third-order valence-electron chi connectivity index (χ3n) is 8.76. The largest absolute Gasteiger partial charge is 4.00 e. The molecule has 4 aliphatic heterocycles. The zero-order valence-corrected chi connectivity index (χ0v) is 28.6. The van der Waals surface area contributed by atoms with Crippen molar-refractivity contribution in [1.82, 2.24) is 4.98 Å². The van der Waals surface area contributed by atoms with E-state index in [2.05, 4.69) is 11.6 Å². The van der Waals surface area contributed by atoms with Crippen LogP contribution in [0.1, 0.15) is 59.5 Å². The number of aliphatic imine (C=N–C) groups is 3. The molecule has 0 aromatic carbocycles. The Kier molecular flexibility index (Phi) is 9.76. The summed E-state index contributed by atoms with van der Waals surface area (Å²) in [7, 11) is 0. The fourth-order valence-corrected chi connectivity index (χ4v) is 6.34. The molecule has 0 amide bonds. The molecule has 5 heterocycles. The Morgan fingerprint density at radius 2 is 1.71 bits per heavy atom. The number of fused-ring (bicyclic) bond motifs is 5. The van der Waals surface area contributed by atoms with Gasteiger partial charge < -0.3 is 35.0 Å². The van der Waals surface area contributed by atoms with E-state index in [0.717, 1.165) is 22.3 Å². The maximum Gasteiger partial charge on any atom is 4.00 e. The Labute approximate surface area is 279 Å². The fourth-order valence-electron chi connectivity index (χ4n) is 6.34. The van der Waals surface area contributed by atoms with Crippen LogP contribution in [-0.2, 0) is 16.0 Å². The quantitative estimate of drug-likeness (QED) is 0.256. The molecule has 8 bridgehead atoms. The van der Waals surface area contributed by atoms with Crippen LogP contribution in [0.15, 0.2) is 84.6 Å². The molecule has 0 N–H and O–H groups in total. The molecule has 1 aromatic rings. The van der Waals surface area contributed by atoms with Crippen molar-refractivity contribution in [3.8, 4) is 0 Å². The second-order valence-electron chi connectivity index (χ2n) is 11.3. The summed E-state index contributed by atoms with van der Waals surface area (Å²) in [5.74, 6) is -5.20. The van der Waals surface area contributed by atoms with Gasteiger partial charge in [-0.1, -0.05) is 49.8 Å². The van der Waals surface area contributed by atoms with Crippen molar-refractivity contribution in [1.29, 1.82) is 0 Å². The third kappa shape index (κ3) is 6.07. The molecule has 2 unspecified atom stereocenters. The van der Waals surface area contributed by atoms with Crippen LogP contribution >= 0.6 is 0 Å². The summed E-state index contributed by atoms with van der Waals surface area (Å²) in [5, 5.41) is 50.0. The molecule has 45 heavy (non-hydrogen) atoms. The summed E-state index contributed by atoms with van der Waals surface area (Å²) < 4.78 is 0. The van der Waals surface area contributed by atoms with E-state index in [-0.39, 0.29) is 72.2 Å². The molecule has 0 spiro atoms. The zero-order valence-electron chi connectivity index (χ0n) is 26.7. The number of carbonyl (C=O) groups excluding carboxylic acids is 2. The predicted octanol–water partition coefficient (Wildman–Crippen LogP) is -1.05. The predicted molar refractivity (Wildman–Crippen MR) is 165 cm³/mol. The minimum absolute atomic E-state index is 0. The number of hydrogen-bond acceptors (Lipinski definition) is 9. The number of aromatic nitrogens is 1. The van der Waals surface area contributed by atoms with Gasteiger partial charge in [-0.05, 0) is 62.8 Å². The van der Waals surface area contributed by atoms with Crippen LogP contribution in [0, 0.1) is 18.8 Å². The summed E-state index contributed by atoms with van der Waals surface area (Å²) >= 11 is 0. The van der Waals surface area contributed by atoms with Gasteiger partial charge in [0.1, 0.15) is 0 Å². The van der Waals surface area contributed by atoms with Gasteiger partial charge in [-0.2, -0.15) is 5.95 Å². The third-order valence-corrected chi connectivity index (χ3v) is 8.76. The van der Waals surface area contributed by atoms with E-state index in [1.165, 1.54) is 0 Å². The molecule has 4 aliphatic rings. The molecular weight excluding hydrogens is 679 g/mol. The van der Waals surface area contributed by atoms with Crippen molar-refractivity contribution in [2.75, 3.05) is 0 Å². The van der Waals surface area contributed by atoms with Gasteiger partial charge in [0.25, 0.3) is 0 Å². The van der Waals surface area contributed by atoms with Crippen molar-refractivity contribution in [3.63, 3.8) is 0 Å². The van der Waals surface area contributed by atoms with Gasteiger partial charge in [-0.15, -0.1) is 10.7 Å². The Morgan fingerprint density at radius 3 is 2.31 bits per heavy atom. The van der Waals surface area contributed by atoms with Crippen molar-refractivity contribution in [3.05, 3.63) is 91.5 Å². The average molecular weight is 711 g/mol. The van der Waals surface area contributed by atoms with E-state index in [1.54, 1.807) is 25.2 Å². The molecule has 228 valence electrons. The molecular formula is C34H32N4O6Sn. The maximum absolute atomic E-state index is 12.5. The first-order valence-electron chi connectivity index (χ1n) is 14.5. The number of aliphatic carboxylic acids is 2. The van der Waals surface area contributed by atoms with Gasteiger partial charge in [0.15, 0.2) is 0 Å². The first-order valence-corrected chi connectivity index (χ1v) is 14.5. The standard InChI is InChI=1S/C34H36N4O6.Sn/c1-7-19-15(3)23-12-25-17(5)21(9-10-29(39)40)32(37-25)22(11-30(41)42)33-31(34(43)44)18(6)26(38-33)14-28-20(8-2)16(4)24(36-28)13-27(19)35-23;/h7,12-14,17,21H,1,8-11H2,2-6H3,(H5,35,36,37,38,39,40,41,42,43,44);/q;+4/p-4. The van der Waals surface area contributed by atoms with Crippen LogP contribution in [0.5, 0.6) is 0 Å². The van der Waals surface area contributed by atoms with Crippen LogP contribution in [0.4, 0.5) is 0 Å². The summed E-state index contributed by atoms with van der Waals surface area (Å²) in [6.07, 6.45) is 6.85. The average Bonchev–Trinajstić information content (AvgIpc) is 3.63. The Balaban J connectivity index is 0.00000288. The van der Waals surface area contributed by atoms with Gasteiger partial charge in [0.2, 0.25) is 0 Å². The number of rotatable bonds is 7. The van der Waals surface area contributed by atoms with Crippen LogP contribution in [-0.4, -0.2) is 53.0 Å². The second kappa shape index (κ2) is 13.0. The van der Waals surface area contributed by atoms with E-state index < -0.39 is 30.2 Å². The monoisotopic (exact) mass is 712 g/mol. The molecule has 2 atom stereocenters. The van der Waals surface area contributed by atoms with Crippen molar-refractivity contribution >= 4 is 65.1 Å². The van der Waals surface area contributed by atoms with E-state index in [9.17, 15) is 30.0 Å². The van der Waals surface area contributed by atoms with Gasteiger partial charge in [-0.3, -0.25) is 4.99 Å². The van der Waals surface area contributed by atoms with Gasteiger partial charge in [-0.25, -0.2) is 9.98 Å². The van der Waals surface area contributed by atoms with Crippen LogP contribution in [0.3, 0.4) is 0 Å². The summed E-state index contributed by atoms with van der Waals surface area (Å²) in [5.41, 5.74) is 5.92. The van der Waals surface area contributed by atoms with Gasteiger partial charge in [0, 0.05) is 47.1 Å². The number of carbonyl (C=O) groups is 2. The van der Waals surface area contributed by atoms with Crippen LogP contribution < -0.4 is 36.1 Å². The number of carboxylic acid groups (broad SMARTS) is 2. The molecule has 0 saturated heterocycles. The van der Waals surface area contributed by atoms with Gasteiger partial charge in [0.05, 0.1) is 28.5 Å². The molecule has 5 rings (SSSR count). The molecule has 0 fully saturated rings. The zero-order chi connectivity index (χ0) is 32.0. The second-order valence-corrected chi connectivity index (χ2v) is 11.3. The molecule has 11 heteroatoms. The van der Waals surface area contributed by atoms with E-state index in [0.29, 0.717) is 39.9 Å². The number of hydrogen-bond donors (Lipinski definition) is 0. The normalized spacial score (nSPS) is 20.6. The Hall–Kier alpha value is -4.19. The number of carboxylic acids is 2. The minimum Gasteiger partial charge on any atom is -0.883 e. The van der Waals surface area contributed by atoms with E-state index >= 15 is 0 Å². The number of allylic oxidation sites excluding steroid dienone is 8. The number of nitrogens with zero attached hydrogens (tertiary/aromatic N) is 4. The Morgan fingerprint density at radius 1 is 1.00 bits per heavy atom. The van der Waals surface area contributed by atoms with Crippen molar-refractivity contribution in [2.24, 2.45) is 26.8 Å². The molecule has 1 aromatic heterocycles. The maximum atomic E-state index is 12.5. The SMILES string of the molecule is C=CC1=C(C)C2=CC3=NC(=C(CC(=O)[O-])C4=NC(=C(C)C4=C([O-])[O-])C=c4[n-]c(c(C)c4CC)=CC1=N2)C(CCC(=O)[O-])C3C.[H+].[Sn+4]. The molecule has 0 radical (unpaired) electrons. The van der Waals surface area contributed by atoms with Gasteiger partial charge >= 0.3 is 25.3 Å². The summed E-state index contributed by atoms with van der Waals surface area (Å²) in [4.78, 5) is 42.8. The topological polar surface area (TPSA) is 178 Å². The van der Waals surface area contributed by atoms with E-state index in [1.807, 2.05) is 33.8 Å². The molecule has 10 nitrogen and oxygen atoms in total. The van der Waals surface area contributed by atoms with Crippen LogP contribution in [0.2, 0.25) is 0 Å². The van der Waals surface area contributed by atoms with Crippen molar-refractivity contribution < 1.29 is 31.4 Å². The smallest absolute Gasteiger partial charge is 0.883 e. The fraction of sp³-hybridized carbons (Fsp3) is 0.324. The first kappa shape index (κ1) is 33.7. The molecule has 0 saturated carbocycles. The summed E-state index contributed by atoms with van der Waals surface area (Å²) in [6.45, 7) is 13.3.